The Labute approximate surface area is 146 Å². The molecule has 1 aliphatic heterocycles. The quantitative estimate of drug-likeness (QED) is 0.664. The lowest BCUT2D eigenvalue weighted by atomic mass is 10.1. The Morgan fingerprint density at radius 3 is 2.39 bits per heavy atom. The lowest BCUT2D eigenvalue weighted by molar-refractivity contribution is 0.283. The number of anilines is 1. The van der Waals surface area contributed by atoms with Gasteiger partial charge >= 0.3 is 0 Å². The predicted molar refractivity (Wildman–Crippen MR) is 103 cm³/mol. The van der Waals surface area contributed by atoms with Crippen molar-refractivity contribution in [3.63, 3.8) is 0 Å². The molecule has 0 unspecified atom stereocenters. The van der Waals surface area contributed by atoms with Gasteiger partial charge in [-0.05, 0) is 45.7 Å². The summed E-state index contributed by atoms with van der Waals surface area (Å²) in [6, 6.07) is 8.14. The Balaban J connectivity index is 1.76. The molecule has 1 saturated heterocycles. The van der Waals surface area contributed by atoms with E-state index in [4.69, 9.17) is 11.6 Å². The van der Waals surface area contributed by atoms with Crippen LogP contribution in [-0.4, -0.2) is 37.6 Å². The first-order valence-electron chi connectivity index (χ1n) is 8.57. The maximum Gasteiger partial charge on any atom is 0.0639 e. The molecule has 1 aromatic carbocycles. The van der Waals surface area contributed by atoms with Crippen molar-refractivity contribution < 1.29 is 0 Å². The number of para-hydroxylation sites is 1. The van der Waals surface area contributed by atoms with Gasteiger partial charge in [0.15, 0.2) is 0 Å². The van der Waals surface area contributed by atoms with Gasteiger partial charge in [0, 0.05) is 32.7 Å². The lowest BCUT2D eigenvalue weighted by Gasteiger charge is -2.36. The van der Waals surface area contributed by atoms with Gasteiger partial charge < -0.3 is 4.90 Å². The van der Waals surface area contributed by atoms with Crippen molar-refractivity contribution in [1.82, 2.24) is 4.90 Å². The smallest absolute Gasteiger partial charge is 0.0639 e. The van der Waals surface area contributed by atoms with Crippen molar-refractivity contribution in [3.05, 3.63) is 52.6 Å². The Bertz CT molecular complexity index is 551. The molecule has 3 heteroatoms. The molecular formula is C20H29ClN2. The van der Waals surface area contributed by atoms with Crippen LogP contribution in [0.3, 0.4) is 0 Å². The zero-order valence-electron chi connectivity index (χ0n) is 14.7. The standard InChI is InChI=1S/C20H29ClN2/c1-17(2)7-6-8-18(3)11-12-22-13-15-23(16-14-22)20-10-5-4-9-19(20)21/h4-5,7,9-11H,6,8,12-16H2,1-3H3. The minimum absolute atomic E-state index is 0.857. The summed E-state index contributed by atoms with van der Waals surface area (Å²) in [5.41, 5.74) is 4.08. The lowest BCUT2D eigenvalue weighted by Crippen LogP contribution is -2.46. The van der Waals surface area contributed by atoms with Gasteiger partial charge in [-0.1, -0.05) is 47.0 Å². The second-order valence-electron chi connectivity index (χ2n) is 6.61. The van der Waals surface area contributed by atoms with Gasteiger partial charge in [0.2, 0.25) is 0 Å². The van der Waals surface area contributed by atoms with Crippen molar-refractivity contribution >= 4 is 17.3 Å². The molecule has 0 spiro atoms. The Kier molecular flexibility index (Phi) is 7.19. The van der Waals surface area contributed by atoms with E-state index in [1.54, 1.807) is 0 Å². The van der Waals surface area contributed by atoms with Crippen LogP contribution in [0.4, 0.5) is 5.69 Å². The maximum absolute atomic E-state index is 6.30. The van der Waals surface area contributed by atoms with E-state index >= 15 is 0 Å². The third kappa shape index (κ3) is 6.04. The summed E-state index contributed by atoms with van der Waals surface area (Å²) in [5.74, 6) is 0. The van der Waals surface area contributed by atoms with E-state index in [0.29, 0.717) is 0 Å². The van der Waals surface area contributed by atoms with Crippen LogP contribution in [0.1, 0.15) is 33.6 Å². The van der Waals surface area contributed by atoms with Crippen LogP contribution in [0.2, 0.25) is 5.02 Å². The molecule has 0 aromatic heterocycles. The van der Waals surface area contributed by atoms with Crippen LogP contribution < -0.4 is 4.90 Å². The highest BCUT2D eigenvalue weighted by Gasteiger charge is 2.17. The van der Waals surface area contributed by atoms with Crippen LogP contribution >= 0.6 is 11.6 Å². The molecule has 0 saturated carbocycles. The number of allylic oxidation sites excluding steroid dienone is 3. The second kappa shape index (κ2) is 9.14. The highest BCUT2D eigenvalue weighted by Crippen LogP contribution is 2.26. The summed E-state index contributed by atoms with van der Waals surface area (Å²) >= 11 is 6.30. The van der Waals surface area contributed by atoms with Gasteiger partial charge in [0.05, 0.1) is 10.7 Å². The fourth-order valence-corrected chi connectivity index (χ4v) is 3.11. The Morgan fingerprint density at radius 2 is 1.74 bits per heavy atom. The first-order chi connectivity index (χ1) is 11.1. The molecule has 2 nitrogen and oxygen atoms in total. The van der Waals surface area contributed by atoms with Gasteiger partial charge in [0.25, 0.3) is 0 Å². The average Bonchev–Trinajstić information content (AvgIpc) is 2.54. The molecule has 23 heavy (non-hydrogen) atoms. The van der Waals surface area contributed by atoms with Gasteiger partial charge in [-0.15, -0.1) is 0 Å². The number of piperazine rings is 1. The summed E-state index contributed by atoms with van der Waals surface area (Å²) in [6.45, 7) is 11.9. The summed E-state index contributed by atoms with van der Waals surface area (Å²) in [6.07, 6.45) is 7.04. The molecule has 1 fully saturated rings. The van der Waals surface area contributed by atoms with Gasteiger partial charge in [-0.3, -0.25) is 4.90 Å². The number of halogens is 1. The minimum Gasteiger partial charge on any atom is -0.368 e. The first kappa shape index (κ1) is 18.1. The van der Waals surface area contributed by atoms with Crippen LogP contribution in [0.25, 0.3) is 0 Å². The molecule has 2 rings (SSSR count). The van der Waals surface area contributed by atoms with E-state index in [1.165, 1.54) is 23.3 Å². The van der Waals surface area contributed by atoms with Gasteiger partial charge in [-0.25, -0.2) is 0 Å². The molecule has 1 heterocycles. The zero-order valence-corrected chi connectivity index (χ0v) is 15.4. The molecular weight excluding hydrogens is 304 g/mol. The van der Waals surface area contributed by atoms with Crippen molar-refractivity contribution in [1.29, 1.82) is 0 Å². The monoisotopic (exact) mass is 332 g/mol. The predicted octanol–water partition coefficient (Wildman–Crippen LogP) is 5.15. The van der Waals surface area contributed by atoms with Crippen LogP contribution in [0, 0.1) is 0 Å². The molecule has 0 N–H and O–H groups in total. The molecule has 1 aliphatic rings. The Hall–Kier alpha value is -1.25. The minimum atomic E-state index is 0.857. The van der Waals surface area contributed by atoms with E-state index in [0.717, 1.165) is 44.2 Å². The molecule has 0 amide bonds. The van der Waals surface area contributed by atoms with Crippen molar-refractivity contribution in [2.24, 2.45) is 0 Å². The SMILES string of the molecule is CC(C)=CCCC(C)=CCN1CCN(c2ccccc2Cl)CC1. The fourth-order valence-electron chi connectivity index (χ4n) is 2.86. The molecule has 0 aliphatic carbocycles. The maximum atomic E-state index is 6.30. The molecule has 126 valence electrons. The number of rotatable bonds is 6. The number of hydrogen-bond donors (Lipinski definition) is 0. The highest BCUT2D eigenvalue weighted by atomic mass is 35.5. The number of nitrogens with zero attached hydrogens (tertiary/aromatic N) is 2. The van der Waals surface area contributed by atoms with Crippen LogP contribution in [0.5, 0.6) is 0 Å². The fraction of sp³-hybridized carbons (Fsp3) is 0.500. The van der Waals surface area contributed by atoms with Crippen molar-refractivity contribution in [3.8, 4) is 0 Å². The normalized spacial score (nSPS) is 16.5. The largest absolute Gasteiger partial charge is 0.368 e. The first-order valence-corrected chi connectivity index (χ1v) is 8.95. The van der Waals surface area contributed by atoms with Crippen LogP contribution in [-0.2, 0) is 0 Å². The van der Waals surface area contributed by atoms with E-state index in [-0.39, 0.29) is 0 Å². The Morgan fingerprint density at radius 1 is 1.04 bits per heavy atom. The molecule has 1 aromatic rings. The van der Waals surface area contributed by atoms with Crippen LogP contribution in [0.15, 0.2) is 47.6 Å². The number of benzene rings is 1. The summed E-state index contributed by atoms with van der Waals surface area (Å²) in [7, 11) is 0. The third-order valence-corrected chi connectivity index (χ3v) is 4.67. The summed E-state index contributed by atoms with van der Waals surface area (Å²) in [5, 5.41) is 0.857. The van der Waals surface area contributed by atoms with Crippen molar-refractivity contribution in [2.75, 3.05) is 37.6 Å². The van der Waals surface area contributed by atoms with E-state index in [2.05, 4.69) is 54.9 Å². The highest BCUT2D eigenvalue weighted by molar-refractivity contribution is 6.33. The van der Waals surface area contributed by atoms with E-state index in [1.807, 2.05) is 12.1 Å². The summed E-state index contributed by atoms with van der Waals surface area (Å²) < 4.78 is 0. The molecule has 0 atom stereocenters. The second-order valence-corrected chi connectivity index (χ2v) is 7.02. The van der Waals surface area contributed by atoms with E-state index < -0.39 is 0 Å². The average molecular weight is 333 g/mol. The van der Waals surface area contributed by atoms with Crippen molar-refractivity contribution in [2.45, 2.75) is 33.6 Å². The zero-order chi connectivity index (χ0) is 16.7. The van der Waals surface area contributed by atoms with E-state index in [9.17, 15) is 0 Å². The van der Waals surface area contributed by atoms with Gasteiger partial charge in [-0.2, -0.15) is 0 Å². The summed E-state index contributed by atoms with van der Waals surface area (Å²) in [4.78, 5) is 4.92. The topological polar surface area (TPSA) is 6.48 Å². The van der Waals surface area contributed by atoms with Gasteiger partial charge in [0.1, 0.15) is 0 Å². The third-order valence-electron chi connectivity index (χ3n) is 4.35. The number of hydrogen-bond acceptors (Lipinski definition) is 2. The molecule has 0 radical (unpaired) electrons. The molecule has 0 bridgehead atoms.